The van der Waals surface area contributed by atoms with E-state index in [1.807, 2.05) is 0 Å². The van der Waals surface area contributed by atoms with Gasteiger partial charge in [-0.15, -0.1) is 0 Å². The predicted molar refractivity (Wildman–Crippen MR) is 69.4 cm³/mol. The molecule has 1 aliphatic heterocycles. The van der Waals surface area contributed by atoms with Gasteiger partial charge in [0.15, 0.2) is 0 Å². The first-order chi connectivity index (χ1) is 8.69. The van der Waals surface area contributed by atoms with E-state index >= 15 is 0 Å². The zero-order chi connectivity index (χ0) is 13.1. The molecule has 96 valence electrons. The average Bonchev–Trinajstić information content (AvgIpc) is 2.82. The highest BCUT2D eigenvalue weighted by Crippen LogP contribution is 2.29. The van der Waals surface area contributed by atoms with Crippen molar-refractivity contribution in [1.29, 1.82) is 5.26 Å². The first-order valence-corrected chi connectivity index (χ1v) is 5.79. The van der Waals surface area contributed by atoms with Crippen molar-refractivity contribution >= 4 is 11.4 Å². The number of methoxy groups -OCH3 is 2. The Morgan fingerprint density at radius 3 is 2.39 bits per heavy atom. The predicted octanol–water partition coefficient (Wildman–Crippen LogP) is 0.990. The summed E-state index contributed by atoms with van der Waals surface area (Å²) in [5, 5.41) is 8.93. The lowest BCUT2D eigenvalue weighted by Crippen LogP contribution is -2.27. The van der Waals surface area contributed by atoms with Gasteiger partial charge in [0.25, 0.3) is 0 Å². The summed E-state index contributed by atoms with van der Waals surface area (Å²) in [6, 6.07) is 7.41. The van der Waals surface area contributed by atoms with Gasteiger partial charge in [-0.3, -0.25) is 0 Å². The summed E-state index contributed by atoms with van der Waals surface area (Å²) in [6.07, 6.45) is 0.0558. The van der Waals surface area contributed by atoms with Crippen LogP contribution in [-0.4, -0.2) is 39.5 Å². The van der Waals surface area contributed by atoms with Crippen LogP contribution in [0.5, 0.6) is 0 Å². The van der Waals surface area contributed by atoms with Crippen LogP contribution >= 0.6 is 0 Å². The smallest absolute Gasteiger partial charge is 0.102 e. The van der Waals surface area contributed by atoms with Crippen LogP contribution in [0.15, 0.2) is 18.2 Å². The normalized spacial score (nSPS) is 23.1. The Morgan fingerprint density at radius 2 is 1.89 bits per heavy atom. The summed E-state index contributed by atoms with van der Waals surface area (Å²) in [6.45, 7) is 1.43. The van der Waals surface area contributed by atoms with Gasteiger partial charge in [0, 0.05) is 27.3 Å². The molecule has 1 aliphatic rings. The molecule has 0 radical (unpaired) electrons. The van der Waals surface area contributed by atoms with Crippen molar-refractivity contribution in [3.63, 3.8) is 0 Å². The molecule has 1 aromatic rings. The number of anilines is 2. The molecular formula is C13H17N3O2. The van der Waals surface area contributed by atoms with E-state index in [9.17, 15) is 0 Å². The molecule has 1 saturated heterocycles. The molecule has 0 bridgehead atoms. The molecule has 5 nitrogen and oxygen atoms in total. The van der Waals surface area contributed by atoms with Gasteiger partial charge in [-0.25, -0.2) is 0 Å². The topological polar surface area (TPSA) is 71.5 Å². The van der Waals surface area contributed by atoms with Gasteiger partial charge >= 0.3 is 0 Å². The summed E-state index contributed by atoms with van der Waals surface area (Å²) in [5.74, 6) is 0. The fourth-order valence-corrected chi connectivity index (χ4v) is 2.28. The third-order valence-electron chi connectivity index (χ3n) is 3.32. The van der Waals surface area contributed by atoms with Crippen LogP contribution in [0.25, 0.3) is 0 Å². The zero-order valence-corrected chi connectivity index (χ0v) is 10.6. The summed E-state index contributed by atoms with van der Waals surface area (Å²) in [5.41, 5.74) is 8.11. The Morgan fingerprint density at radius 1 is 1.28 bits per heavy atom. The number of nitriles is 1. The van der Waals surface area contributed by atoms with Gasteiger partial charge in [0.05, 0.1) is 23.0 Å². The molecule has 2 N–H and O–H groups in total. The van der Waals surface area contributed by atoms with E-state index in [1.165, 1.54) is 0 Å². The lowest BCUT2D eigenvalue weighted by Gasteiger charge is -2.20. The molecule has 0 saturated carbocycles. The maximum Gasteiger partial charge on any atom is 0.102 e. The molecular weight excluding hydrogens is 230 g/mol. The Balaban J connectivity index is 2.25. The van der Waals surface area contributed by atoms with Gasteiger partial charge in [0.2, 0.25) is 0 Å². The molecule has 0 spiro atoms. The number of nitrogens with two attached hydrogens (primary N) is 1. The van der Waals surface area contributed by atoms with Gasteiger partial charge in [-0.1, -0.05) is 0 Å². The second-order valence-corrected chi connectivity index (χ2v) is 4.34. The minimum Gasteiger partial charge on any atom is -0.397 e. The van der Waals surface area contributed by atoms with Crippen LogP contribution < -0.4 is 10.6 Å². The molecule has 5 heteroatoms. The fraction of sp³-hybridized carbons (Fsp3) is 0.462. The monoisotopic (exact) mass is 247 g/mol. The van der Waals surface area contributed by atoms with E-state index in [0.29, 0.717) is 24.3 Å². The van der Waals surface area contributed by atoms with Crippen molar-refractivity contribution in [2.75, 3.05) is 37.9 Å². The van der Waals surface area contributed by atoms with Gasteiger partial charge < -0.3 is 20.1 Å². The van der Waals surface area contributed by atoms with Crippen LogP contribution in [0.3, 0.4) is 0 Å². The number of nitrogens with zero attached hydrogens (tertiary/aromatic N) is 2. The minimum atomic E-state index is 0.0279. The Hall–Kier alpha value is -1.77. The van der Waals surface area contributed by atoms with Gasteiger partial charge in [-0.2, -0.15) is 5.26 Å². The molecule has 18 heavy (non-hydrogen) atoms. The van der Waals surface area contributed by atoms with Crippen LogP contribution in [0.1, 0.15) is 5.56 Å². The number of benzene rings is 1. The van der Waals surface area contributed by atoms with Crippen molar-refractivity contribution in [2.24, 2.45) is 0 Å². The van der Waals surface area contributed by atoms with Crippen molar-refractivity contribution in [3.8, 4) is 6.07 Å². The SMILES string of the molecule is COC1CN(c2cc(C#N)ccc2N)CC1OC. The van der Waals surface area contributed by atoms with E-state index in [4.69, 9.17) is 20.5 Å². The van der Waals surface area contributed by atoms with E-state index < -0.39 is 0 Å². The highest BCUT2D eigenvalue weighted by molar-refractivity contribution is 5.70. The van der Waals surface area contributed by atoms with E-state index in [0.717, 1.165) is 5.69 Å². The summed E-state index contributed by atoms with van der Waals surface area (Å²) < 4.78 is 10.8. The Bertz CT molecular complexity index is 458. The minimum absolute atomic E-state index is 0.0279. The molecule has 2 atom stereocenters. The van der Waals surface area contributed by atoms with Crippen molar-refractivity contribution < 1.29 is 9.47 Å². The average molecular weight is 247 g/mol. The fourth-order valence-electron chi connectivity index (χ4n) is 2.28. The molecule has 2 unspecified atom stereocenters. The summed E-state index contributed by atoms with van der Waals surface area (Å²) in [4.78, 5) is 2.10. The van der Waals surface area contributed by atoms with Gasteiger partial charge in [-0.05, 0) is 18.2 Å². The highest BCUT2D eigenvalue weighted by Gasteiger charge is 2.33. The lowest BCUT2D eigenvalue weighted by molar-refractivity contribution is -0.00461. The number of hydrogen-bond donors (Lipinski definition) is 1. The molecule has 2 rings (SSSR count). The van der Waals surface area contributed by atoms with Crippen LogP contribution in [0.2, 0.25) is 0 Å². The van der Waals surface area contributed by atoms with E-state index in [-0.39, 0.29) is 12.2 Å². The maximum atomic E-state index is 8.93. The first kappa shape index (κ1) is 12.7. The molecule has 1 heterocycles. The van der Waals surface area contributed by atoms with E-state index in [1.54, 1.807) is 32.4 Å². The molecule has 1 aromatic carbocycles. The maximum absolute atomic E-state index is 8.93. The van der Waals surface area contributed by atoms with Crippen molar-refractivity contribution in [2.45, 2.75) is 12.2 Å². The number of rotatable bonds is 3. The lowest BCUT2D eigenvalue weighted by atomic mass is 10.2. The van der Waals surface area contributed by atoms with Crippen molar-refractivity contribution in [3.05, 3.63) is 23.8 Å². The molecule has 0 aromatic heterocycles. The zero-order valence-electron chi connectivity index (χ0n) is 10.6. The quantitative estimate of drug-likeness (QED) is 0.806. The Kier molecular flexibility index (Phi) is 3.70. The number of hydrogen-bond acceptors (Lipinski definition) is 5. The second-order valence-electron chi connectivity index (χ2n) is 4.34. The summed E-state index contributed by atoms with van der Waals surface area (Å²) in [7, 11) is 3.35. The molecule has 0 aliphatic carbocycles. The standard InChI is InChI=1S/C13H17N3O2/c1-17-12-7-16(8-13(12)18-2)11-5-9(6-14)3-4-10(11)15/h3-5,12-13H,7-8,15H2,1-2H3. The molecule has 1 fully saturated rings. The van der Waals surface area contributed by atoms with E-state index in [2.05, 4.69) is 11.0 Å². The number of ether oxygens (including phenoxy) is 2. The Labute approximate surface area is 107 Å². The largest absolute Gasteiger partial charge is 0.397 e. The van der Waals surface area contributed by atoms with Crippen LogP contribution in [-0.2, 0) is 9.47 Å². The second kappa shape index (κ2) is 5.25. The summed E-state index contributed by atoms with van der Waals surface area (Å²) >= 11 is 0. The van der Waals surface area contributed by atoms with Crippen molar-refractivity contribution in [1.82, 2.24) is 0 Å². The van der Waals surface area contributed by atoms with Gasteiger partial charge in [0.1, 0.15) is 12.2 Å². The first-order valence-electron chi connectivity index (χ1n) is 5.79. The highest BCUT2D eigenvalue weighted by atomic mass is 16.5. The van der Waals surface area contributed by atoms with Crippen LogP contribution in [0, 0.1) is 11.3 Å². The molecule has 0 amide bonds. The number of nitrogen functional groups attached to an aromatic ring is 1. The third-order valence-corrected chi connectivity index (χ3v) is 3.32. The third kappa shape index (κ3) is 2.26. The van der Waals surface area contributed by atoms with Crippen LogP contribution in [0.4, 0.5) is 11.4 Å².